The lowest BCUT2D eigenvalue weighted by atomic mass is 10.2. The normalized spacial score (nSPS) is 13.0. The third-order valence-corrected chi connectivity index (χ3v) is 3.54. The molecule has 2 N–H and O–H groups in total. The molecule has 0 saturated carbocycles. The van der Waals surface area contributed by atoms with E-state index in [1.54, 1.807) is 31.4 Å². The van der Waals surface area contributed by atoms with Gasteiger partial charge in [0, 0.05) is 0 Å². The van der Waals surface area contributed by atoms with Crippen LogP contribution < -0.4 is 19.9 Å². The average Bonchev–Trinajstić information content (AvgIpc) is 3.04. The summed E-state index contributed by atoms with van der Waals surface area (Å²) in [6.45, 7) is 0.366. The number of hydrogen-bond acceptors (Lipinski definition) is 5. The SMILES string of the molecule is COc1ccccc1C(N)=NOCc1cc(Cl)c2c(c1)OCO2. The third-order valence-electron chi connectivity index (χ3n) is 3.26. The number of methoxy groups -OCH3 is 1. The molecule has 3 rings (SSSR count). The molecule has 120 valence electrons. The van der Waals surface area contributed by atoms with Crippen LogP contribution in [0.3, 0.4) is 0 Å². The fourth-order valence-corrected chi connectivity index (χ4v) is 2.47. The second-order valence-corrected chi connectivity index (χ2v) is 5.17. The van der Waals surface area contributed by atoms with Gasteiger partial charge in [0.1, 0.15) is 12.4 Å². The first-order valence-electron chi connectivity index (χ1n) is 6.86. The summed E-state index contributed by atoms with van der Waals surface area (Å²) in [5.74, 6) is 2.00. The van der Waals surface area contributed by atoms with Crippen LogP contribution in [-0.4, -0.2) is 19.7 Å². The molecule has 23 heavy (non-hydrogen) atoms. The van der Waals surface area contributed by atoms with Crippen LogP contribution in [0.5, 0.6) is 17.2 Å². The number of rotatable bonds is 5. The van der Waals surface area contributed by atoms with Gasteiger partial charge in [0.05, 0.1) is 17.7 Å². The summed E-state index contributed by atoms with van der Waals surface area (Å²) in [6.07, 6.45) is 0. The van der Waals surface area contributed by atoms with Crippen LogP contribution in [0.25, 0.3) is 0 Å². The summed E-state index contributed by atoms with van der Waals surface area (Å²) < 4.78 is 15.8. The van der Waals surface area contributed by atoms with E-state index in [-0.39, 0.29) is 19.2 Å². The van der Waals surface area contributed by atoms with Crippen molar-refractivity contribution in [3.05, 3.63) is 52.5 Å². The van der Waals surface area contributed by atoms with Crippen LogP contribution >= 0.6 is 11.6 Å². The highest BCUT2D eigenvalue weighted by Gasteiger charge is 2.18. The van der Waals surface area contributed by atoms with E-state index in [1.165, 1.54) is 0 Å². The number of ether oxygens (including phenoxy) is 3. The molecule has 0 aromatic heterocycles. The van der Waals surface area contributed by atoms with Gasteiger partial charge in [-0.15, -0.1) is 0 Å². The van der Waals surface area contributed by atoms with Crippen LogP contribution in [0.2, 0.25) is 5.02 Å². The minimum absolute atomic E-state index is 0.165. The van der Waals surface area contributed by atoms with Crippen LogP contribution in [0, 0.1) is 0 Å². The summed E-state index contributed by atoms with van der Waals surface area (Å²) in [7, 11) is 1.57. The second kappa shape index (κ2) is 6.66. The Morgan fingerprint density at radius 2 is 2.13 bits per heavy atom. The number of benzene rings is 2. The quantitative estimate of drug-likeness (QED) is 0.517. The topological polar surface area (TPSA) is 75.3 Å². The number of halogens is 1. The van der Waals surface area contributed by atoms with Crippen molar-refractivity contribution >= 4 is 17.4 Å². The number of nitrogens with zero attached hydrogens (tertiary/aromatic N) is 1. The molecule has 7 heteroatoms. The largest absolute Gasteiger partial charge is 0.496 e. The zero-order valence-corrected chi connectivity index (χ0v) is 13.2. The number of amidine groups is 1. The van der Waals surface area contributed by atoms with Gasteiger partial charge in [-0.1, -0.05) is 28.9 Å². The number of nitrogens with two attached hydrogens (primary N) is 1. The second-order valence-electron chi connectivity index (χ2n) is 4.76. The van der Waals surface area contributed by atoms with Crippen molar-refractivity contribution in [2.24, 2.45) is 10.9 Å². The van der Waals surface area contributed by atoms with Gasteiger partial charge >= 0.3 is 0 Å². The Morgan fingerprint density at radius 3 is 2.96 bits per heavy atom. The Labute approximate surface area is 138 Å². The van der Waals surface area contributed by atoms with E-state index in [1.807, 2.05) is 12.1 Å². The minimum Gasteiger partial charge on any atom is -0.496 e. The van der Waals surface area contributed by atoms with Crippen molar-refractivity contribution in [1.29, 1.82) is 0 Å². The average molecular weight is 335 g/mol. The standard InChI is InChI=1S/C16H15ClN2O4/c1-20-13-5-3-2-4-11(13)16(18)19-23-8-10-6-12(17)15-14(7-10)21-9-22-15/h2-7H,8-9H2,1H3,(H2,18,19). The maximum atomic E-state index is 6.11. The molecule has 0 fully saturated rings. The van der Waals surface area contributed by atoms with Crippen molar-refractivity contribution in [1.82, 2.24) is 0 Å². The Hall–Kier alpha value is -2.60. The van der Waals surface area contributed by atoms with Gasteiger partial charge in [-0.05, 0) is 29.8 Å². The fourth-order valence-electron chi connectivity index (χ4n) is 2.19. The smallest absolute Gasteiger partial charge is 0.231 e. The molecule has 2 aromatic rings. The summed E-state index contributed by atoms with van der Waals surface area (Å²) in [4.78, 5) is 5.30. The van der Waals surface area contributed by atoms with E-state index in [4.69, 9.17) is 36.4 Å². The van der Waals surface area contributed by atoms with Gasteiger partial charge in [-0.25, -0.2) is 0 Å². The van der Waals surface area contributed by atoms with Crippen LogP contribution in [0.15, 0.2) is 41.6 Å². The lowest BCUT2D eigenvalue weighted by molar-refractivity contribution is 0.130. The van der Waals surface area contributed by atoms with E-state index >= 15 is 0 Å². The molecule has 0 unspecified atom stereocenters. The highest BCUT2D eigenvalue weighted by molar-refractivity contribution is 6.32. The van der Waals surface area contributed by atoms with Gasteiger partial charge in [-0.3, -0.25) is 0 Å². The molecule has 0 spiro atoms. The zero-order valence-electron chi connectivity index (χ0n) is 12.4. The molecule has 1 heterocycles. The molecular weight excluding hydrogens is 320 g/mol. The molecule has 0 radical (unpaired) electrons. The summed E-state index contributed by atoms with van der Waals surface area (Å²) in [5, 5.41) is 4.39. The van der Waals surface area contributed by atoms with Gasteiger partial charge in [0.15, 0.2) is 17.3 Å². The van der Waals surface area contributed by atoms with E-state index in [0.717, 1.165) is 5.56 Å². The third kappa shape index (κ3) is 3.27. The van der Waals surface area contributed by atoms with Gasteiger partial charge in [-0.2, -0.15) is 0 Å². The van der Waals surface area contributed by atoms with E-state index in [0.29, 0.717) is 27.8 Å². The number of para-hydroxylation sites is 1. The Morgan fingerprint density at radius 1 is 1.30 bits per heavy atom. The molecule has 1 aliphatic rings. The maximum Gasteiger partial charge on any atom is 0.231 e. The molecule has 0 atom stereocenters. The monoisotopic (exact) mass is 334 g/mol. The van der Waals surface area contributed by atoms with Crippen molar-refractivity contribution in [3.63, 3.8) is 0 Å². The first-order valence-corrected chi connectivity index (χ1v) is 7.23. The highest BCUT2D eigenvalue weighted by Crippen LogP contribution is 2.39. The van der Waals surface area contributed by atoms with Crippen molar-refractivity contribution in [2.45, 2.75) is 6.61 Å². The van der Waals surface area contributed by atoms with Crippen molar-refractivity contribution < 1.29 is 19.0 Å². The summed E-state index contributed by atoms with van der Waals surface area (Å²) >= 11 is 6.11. The molecule has 0 aliphatic carbocycles. The van der Waals surface area contributed by atoms with Crippen LogP contribution in [0.1, 0.15) is 11.1 Å². The van der Waals surface area contributed by atoms with E-state index in [9.17, 15) is 0 Å². The molecule has 1 aliphatic heterocycles. The lowest BCUT2D eigenvalue weighted by Gasteiger charge is -2.08. The van der Waals surface area contributed by atoms with Gasteiger partial charge in [0.2, 0.25) is 6.79 Å². The number of hydrogen-bond donors (Lipinski definition) is 1. The predicted octanol–water partition coefficient (Wildman–Crippen LogP) is 2.91. The summed E-state index contributed by atoms with van der Waals surface area (Å²) in [5.41, 5.74) is 7.40. The Balaban J connectivity index is 1.70. The minimum atomic E-state index is 0.165. The highest BCUT2D eigenvalue weighted by atomic mass is 35.5. The Kier molecular flexibility index (Phi) is 4.43. The van der Waals surface area contributed by atoms with Crippen LogP contribution in [-0.2, 0) is 11.4 Å². The van der Waals surface area contributed by atoms with Crippen molar-refractivity contribution in [3.8, 4) is 17.2 Å². The molecule has 0 bridgehead atoms. The first-order chi connectivity index (χ1) is 11.2. The van der Waals surface area contributed by atoms with Crippen LogP contribution in [0.4, 0.5) is 0 Å². The summed E-state index contributed by atoms with van der Waals surface area (Å²) in [6, 6.07) is 10.8. The molecule has 2 aromatic carbocycles. The van der Waals surface area contributed by atoms with E-state index in [2.05, 4.69) is 5.16 Å². The van der Waals surface area contributed by atoms with Gasteiger partial charge in [0.25, 0.3) is 0 Å². The molecular formula is C16H15ClN2O4. The molecule has 6 nitrogen and oxygen atoms in total. The fraction of sp³-hybridized carbons (Fsp3) is 0.188. The molecule has 0 amide bonds. The Bertz CT molecular complexity index is 749. The van der Waals surface area contributed by atoms with Crippen molar-refractivity contribution in [2.75, 3.05) is 13.9 Å². The van der Waals surface area contributed by atoms with E-state index < -0.39 is 0 Å². The predicted molar refractivity (Wildman–Crippen MR) is 86.1 cm³/mol. The zero-order chi connectivity index (χ0) is 16.2. The number of fused-ring (bicyclic) bond motifs is 1. The lowest BCUT2D eigenvalue weighted by Crippen LogP contribution is -2.15. The molecule has 0 saturated heterocycles. The maximum absolute atomic E-state index is 6.11. The first kappa shape index (κ1) is 15.3. The number of oxime groups is 1. The van der Waals surface area contributed by atoms with Gasteiger partial charge < -0.3 is 24.8 Å².